The fourth-order valence-corrected chi connectivity index (χ4v) is 2.56. The molecule has 0 spiro atoms. The van der Waals surface area contributed by atoms with Crippen molar-refractivity contribution in [3.8, 4) is 0 Å². The zero-order valence-electron chi connectivity index (χ0n) is 10.6. The lowest BCUT2D eigenvalue weighted by Gasteiger charge is -2.55. The summed E-state index contributed by atoms with van der Waals surface area (Å²) in [5.41, 5.74) is -3.23. The average molecular weight is 298 g/mol. The topological polar surface area (TPSA) is 9.23 Å². The van der Waals surface area contributed by atoms with E-state index in [1.807, 2.05) is 0 Å². The normalized spacial score (nSPS) is 26.2. The van der Waals surface area contributed by atoms with E-state index >= 15 is 0 Å². The van der Waals surface area contributed by atoms with Crippen LogP contribution in [0.5, 0.6) is 0 Å². The molecule has 20 heavy (non-hydrogen) atoms. The largest absolute Gasteiger partial charge is 0.408 e. The van der Waals surface area contributed by atoms with Crippen LogP contribution in [0.1, 0.15) is 24.2 Å². The van der Waals surface area contributed by atoms with Crippen LogP contribution in [0.4, 0.5) is 26.3 Å². The predicted octanol–water partition coefficient (Wildman–Crippen LogP) is 4.57. The van der Waals surface area contributed by atoms with E-state index in [0.717, 1.165) is 12.5 Å². The first-order chi connectivity index (χ1) is 9.01. The Morgan fingerprint density at radius 3 is 1.75 bits per heavy atom. The summed E-state index contributed by atoms with van der Waals surface area (Å²) in [5, 5.41) is 0. The van der Waals surface area contributed by atoms with Crippen LogP contribution in [0, 0.1) is 12.3 Å². The van der Waals surface area contributed by atoms with Crippen molar-refractivity contribution in [1.29, 1.82) is 0 Å². The number of alkyl halides is 6. The molecule has 1 heterocycles. The van der Waals surface area contributed by atoms with E-state index in [9.17, 15) is 26.3 Å². The van der Waals surface area contributed by atoms with Gasteiger partial charge in [-0.15, -0.1) is 0 Å². The molecule has 1 aromatic carbocycles. The molecule has 1 aliphatic heterocycles. The van der Waals surface area contributed by atoms with Crippen LogP contribution >= 0.6 is 0 Å². The molecule has 1 aliphatic rings. The lowest BCUT2D eigenvalue weighted by molar-refractivity contribution is -0.456. The molecule has 0 aromatic heterocycles. The summed E-state index contributed by atoms with van der Waals surface area (Å²) in [6, 6.07) is 5.38. The van der Waals surface area contributed by atoms with Crippen molar-refractivity contribution >= 4 is 0 Å². The molecule has 1 aromatic rings. The standard InChI is InChI=1S/C13H12F6O/c1-7-3-5-9(6-4-7)10-11(8(2)20-10,12(14,15)16)13(17,18)19/h3-6,8,10H,1-2H3. The minimum Gasteiger partial charge on any atom is -0.368 e. The highest BCUT2D eigenvalue weighted by atomic mass is 19.4. The minimum absolute atomic E-state index is 0.122. The highest BCUT2D eigenvalue weighted by Gasteiger charge is 2.82. The third-order valence-electron chi connectivity index (χ3n) is 3.71. The fourth-order valence-electron chi connectivity index (χ4n) is 2.56. The van der Waals surface area contributed by atoms with Crippen LogP contribution in [0.15, 0.2) is 24.3 Å². The van der Waals surface area contributed by atoms with Crippen molar-refractivity contribution in [3.63, 3.8) is 0 Å². The van der Waals surface area contributed by atoms with Crippen molar-refractivity contribution in [3.05, 3.63) is 35.4 Å². The van der Waals surface area contributed by atoms with E-state index in [2.05, 4.69) is 0 Å². The number of benzene rings is 1. The van der Waals surface area contributed by atoms with E-state index in [-0.39, 0.29) is 5.56 Å². The van der Waals surface area contributed by atoms with Gasteiger partial charge < -0.3 is 4.74 Å². The first kappa shape index (κ1) is 15.2. The Labute approximate surface area is 111 Å². The van der Waals surface area contributed by atoms with Crippen molar-refractivity contribution in [1.82, 2.24) is 0 Å². The van der Waals surface area contributed by atoms with E-state index in [1.54, 1.807) is 6.92 Å². The van der Waals surface area contributed by atoms with Gasteiger partial charge in [-0.2, -0.15) is 26.3 Å². The molecule has 0 aliphatic carbocycles. The summed E-state index contributed by atoms with van der Waals surface area (Å²) < 4.78 is 83.5. The maximum absolute atomic E-state index is 13.1. The molecule has 0 radical (unpaired) electrons. The fraction of sp³-hybridized carbons (Fsp3) is 0.538. The third-order valence-corrected chi connectivity index (χ3v) is 3.71. The summed E-state index contributed by atoms with van der Waals surface area (Å²) in [6.45, 7) is 2.49. The second-order valence-electron chi connectivity index (χ2n) is 4.93. The zero-order valence-corrected chi connectivity index (χ0v) is 10.6. The molecule has 2 unspecified atom stereocenters. The van der Waals surface area contributed by atoms with Gasteiger partial charge in [-0.3, -0.25) is 0 Å². The van der Waals surface area contributed by atoms with E-state index < -0.39 is 30.0 Å². The molecule has 2 atom stereocenters. The molecule has 0 saturated carbocycles. The molecule has 1 fully saturated rings. The molecule has 7 heteroatoms. The first-order valence-corrected chi connectivity index (χ1v) is 5.87. The van der Waals surface area contributed by atoms with E-state index in [1.165, 1.54) is 24.3 Å². The van der Waals surface area contributed by atoms with Gasteiger partial charge in [0.2, 0.25) is 5.41 Å². The Morgan fingerprint density at radius 1 is 0.950 bits per heavy atom. The zero-order chi connectivity index (χ0) is 15.3. The molecule has 1 saturated heterocycles. The molecular weight excluding hydrogens is 286 g/mol. The Kier molecular flexibility index (Phi) is 3.32. The van der Waals surface area contributed by atoms with Crippen LogP contribution < -0.4 is 0 Å². The number of aryl methyl sites for hydroxylation is 1. The summed E-state index contributed by atoms with van der Waals surface area (Å²) in [5.74, 6) is 0. The van der Waals surface area contributed by atoms with Gasteiger partial charge in [0.15, 0.2) is 0 Å². The summed E-state index contributed by atoms with van der Waals surface area (Å²) >= 11 is 0. The second kappa shape index (κ2) is 4.38. The molecule has 0 bridgehead atoms. The molecule has 112 valence electrons. The van der Waals surface area contributed by atoms with Gasteiger partial charge in [-0.05, 0) is 19.4 Å². The lowest BCUT2D eigenvalue weighted by atomic mass is 9.68. The Morgan fingerprint density at radius 2 is 1.40 bits per heavy atom. The number of halogens is 6. The monoisotopic (exact) mass is 298 g/mol. The maximum Gasteiger partial charge on any atom is 0.408 e. The van der Waals surface area contributed by atoms with Crippen LogP contribution in [0.25, 0.3) is 0 Å². The quantitative estimate of drug-likeness (QED) is 0.690. The van der Waals surface area contributed by atoms with Crippen molar-refractivity contribution in [2.75, 3.05) is 0 Å². The SMILES string of the molecule is Cc1ccc(C2OC(C)C2(C(F)(F)F)C(F)(F)F)cc1. The summed E-state index contributed by atoms with van der Waals surface area (Å²) in [7, 11) is 0. The minimum atomic E-state index is -5.43. The van der Waals surface area contributed by atoms with E-state index in [0.29, 0.717) is 0 Å². The van der Waals surface area contributed by atoms with Gasteiger partial charge in [0.05, 0.1) is 6.10 Å². The first-order valence-electron chi connectivity index (χ1n) is 5.87. The highest BCUT2D eigenvalue weighted by Crippen LogP contribution is 2.67. The van der Waals surface area contributed by atoms with Crippen LogP contribution in [-0.4, -0.2) is 18.5 Å². The summed E-state index contributed by atoms with van der Waals surface area (Å²) in [4.78, 5) is 0. The van der Waals surface area contributed by atoms with Gasteiger partial charge in [-0.1, -0.05) is 29.8 Å². The van der Waals surface area contributed by atoms with Crippen molar-refractivity contribution < 1.29 is 31.1 Å². The van der Waals surface area contributed by atoms with Gasteiger partial charge in [0, 0.05) is 0 Å². The molecule has 1 nitrogen and oxygen atoms in total. The van der Waals surface area contributed by atoms with Gasteiger partial charge in [0.25, 0.3) is 0 Å². The average Bonchev–Trinajstić information content (AvgIpc) is 2.23. The van der Waals surface area contributed by atoms with Crippen LogP contribution in [-0.2, 0) is 4.74 Å². The number of ether oxygens (including phenoxy) is 1. The Balaban J connectivity index is 2.52. The summed E-state index contributed by atoms with van der Waals surface area (Å²) in [6.07, 6.45) is -14.9. The van der Waals surface area contributed by atoms with Gasteiger partial charge >= 0.3 is 12.4 Å². The van der Waals surface area contributed by atoms with Crippen LogP contribution in [0.2, 0.25) is 0 Å². The van der Waals surface area contributed by atoms with Crippen molar-refractivity contribution in [2.45, 2.75) is 38.4 Å². The molecule has 0 N–H and O–H groups in total. The predicted molar refractivity (Wildman–Crippen MR) is 59.0 cm³/mol. The molecule has 2 rings (SSSR count). The maximum atomic E-state index is 13.1. The second-order valence-corrected chi connectivity index (χ2v) is 4.93. The van der Waals surface area contributed by atoms with Gasteiger partial charge in [-0.25, -0.2) is 0 Å². The third kappa shape index (κ3) is 1.90. The van der Waals surface area contributed by atoms with Crippen LogP contribution in [0.3, 0.4) is 0 Å². The Bertz CT molecular complexity index is 473. The van der Waals surface area contributed by atoms with Crippen molar-refractivity contribution in [2.24, 2.45) is 5.41 Å². The Hall–Kier alpha value is -1.24. The number of hydrogen-bond acceptors (Lipinski definition) is 1. The lowest BCUT2D eigenvalue weighted by Crippen LogP contribution is -2.68. The molecule has 0 amide bonds. The van der Waals surface area contributed by atoms with Gasteiger partial charge in [0.1, 0.15) is 6.10 Å². The molecular formula is C13H12F6O. The highest BCUT2D eigenvalue weighted by molar-refractivity contribution is 5.29. The van der Waals surface area contributed by atoms with E-state index in [4.69, 9.17) is 4.74 Å². The number of rotatable bonds is 1. The smallest absolute Gasteiger partial charge is 0.368 e. The number of hydrogen-bond donors (Lipinski definition) is 0.